The Hall–Kier alpha value is -3.61. The zero-order chi connectivity index (χ0) is 27.8. The number of benzene rings is 3. The summed E-state index contributed by atoms with van der Waals surface area (Å²) in [7, 11) is -3.48. The van der Waals surface area contributed by atoms with E-state index in [0.717, 1.165) is 0 Å². The lowest BCUT2D eigenvalue weighted by Gasteiger charge is -2.25. The average Bonchev–Trinajstić information content (AvgIpc) is 2.91. The number of nitrogens with one attached hydrogen (secondary N) is 1. The van der Waals surface area contributed by atoms with E-state index >= 15 is 0 Å². The van der Waals surface area contributed by atoms with Crippen LogP contribution in [0, 0.1) is 0 Å². The lowest BCUT2D eigenvalue weighted by atomic mass is 10.1. The molecule has 0 radical (unpaired) electrons. The van der Waals surface area contributed by atoms with Gasteiger partial charge in [-0.2, -0.15) is 0 Å². The van der Waals surface area contributed by atoms with Gasteiger partial charge in [0.25, 0.3) is 0 Å². The molecule has 0 aliphatic heterocycles. The Morgan fingerprint density at radius 3 is 1.97 bits per heavy atom. The lowest BCUT2D eigenvalue weighted by molar-refractivity contribution is -0.139. The predicted molar refractivity (Wildman–Crippen MR) is 144 cm³/mol. The second-order valence-corrected chi connectivity index (χ2v) is 12.0. The Bertz CT molecular complexity index is 1440. The summed E-state index contributed by atoms with van der Waals surface area (Å²) in [5.74, 6) is -0.427. The van der Waals surface area contributed by atoms with E-state index < -0.39 is 32.6 Å². The molecule has 12 heteroatoms. The highest BCUT2D eigenvalue weighted by atomic mass is 32.2. The van der Waals surface area contributed by atoms with Gasteiger partial charge in [0.2, 0.25) is 20.0 Å². The molecule has 1 N–H and O–H groups in total. The van der Waals surface area contributed by atoms with Gasteiger partial charge in [-0.05, 0) is 28.8 Å². The third kappa shape index (κ3) is 7.94. The first-order chi connectivity index (χ1) is 18.1. The number of nitrogens with zero attached hydrogens (tertiary/aromatic N) is 1. The van der Waals surface area contributed by atoms with E-state index in [0.29, 0.717) is 33.9 Å². The number of carbonyl (C=O) groups excluding carboxylic acids is 1. The maximum atomic E-state index is 13.6. The summed E-state index contributed by atoms with van der Waals surface area (Å²) in [6.45, 7) is -0.464. The van der Waals surface area contributed by atoms with Crippen LogP contribution in [0.25, 0.3) is 0 Å². The fourth-order valence-corrected chi connectivity index (χ4v) is 6.23. The Labute approximate surface area is 223 Å². The molecule has 0 atom stereocenters. The molecule has 0 aliphatic carbocycles. The van der Waals surface area contributed by atoms with Gasteiger partial charge in [0.05, 0.1) is 45.1 Å². The number of sulfonamides is 2. The molecule has 0 aromatic heterocycles. The molecule has 0 amide bonds. The molecule has 0 heterocycles. The van der Waals surface area contributed by atoms with Crippen LogP contribution in [-0.2, 0) is 47.6 Å². The zero-order valence-corrected chi connectivity index (χ0v) is 22.9. The standard InChI is InChI=1S/C26H30N2O8S2/c1-34-24-14-13-23(15-25(24)35-2)28(38(32,33)19-21-7-5-4-6-8-21)17-20-9-11-22(12-10-20)18-37(30,31)27-16-26(29)36-3/h4-15,27H,16-19H2,1-3H3. The summed E-state index contributed by atoms with van der Waals surface area (Å²) in [5.41, 5.74) is 2.13. The molecular formula is C26H30N2O8S2. The topological polar surface area (TPSA) is 128 Å². The third-order valence-corrected chi connectivity index (χ3v) is 8.56. The minimum Gasteiger partial charge on any atom is -0.493 e. The highest BCUT2D eigenvalue weighted by Crippen LogP contribution is 2.34. The number of esters is 1. The SMILES string of the molecule is COC(=O)CNS(=O)(=O)Cc1ccc(CN(c2ccc(OC)c(OC)c2)S(=O)(=O)Cc2ccccc2)cc1. The van der Waals surface area contributed by atoms with Gasteiger partial charge in [0.1, 0.15) is 6.54 Å². The van der Waals surface area contributed by atoms with E-state index in [-0.39, 0.29) is 18.1 Å². The third-order valence-electron chi connectivity index (χ3n) is 5.55. The van der Waals surface area contributed by atoms with Crippen LogP contribution in [-0.4, -0.2) is 50.7 Å². The van der Waals surface area contributed by atoms with E-state index in [1.54, 1.807) is 66.7 Å². The molecule has 10 nitrogen and oxygen atoms in total. The maximum Gasteiger partial charge on any atom is 0.320 e. The number of ether oxygens (including phenoxy) is 3. The molecule has 3 aromatic carbocycles. The van der Waals surface area contributed by atoms with E-state index in [4.69, 9.17) is 9.47 Å². The number of hydrogen-bond acceptors (Lipinski definition) is 8. The van der Waals surface area contributed by atoms with Crippen molar-refractivity contribution in [3.8, 4) is 11.5 Å². The zero-order valence-electron chi connectivity index (χ0n) is 21.3. The molecule has 0 saturated heterocycles. The minimum atomic E-state index is -3.84. The second-order valence-electron chi connectivity index (χ2n) is 8.26. The van der Waals surface area contributed by atoms with Gasteiger partial charge in [-0.1, -0.05) is 54.6 Å². The number of carbonyl (C=O) groups is 1. The molecule has 38 heavy (non-hydrogen) atoms. The van der Waals surface area contributed by atoms with Crippen molar-refractivity contribution in [3.05, 3.63) is 89.5 Å². The quantitative estimate of drug-likeness (QED) is 0.315. The highest BCUT2D eigenvalue weighted by Gasteiger charge is 2.25. The Morgan fingerprint density at radius 1 is 0.763 bits per heavy atom. The van der Waals surface area contributed by atoms with Crippen molar-refractivity contribution in [1.82, 2.24) is 4.72 Å². The average molecular weight is 563 g/mol. The first-order valence-corrected chi connectivity index (χ1v) is 14.7. The van der Waals surface area contributed by atoms with Crippen LogP contribution in [0.2, 0.25) is 0 Å². The van der Waals surface area contributed by atoms with Crippen molar-refractivity contribution in [2.45, 2.75) is 18.1 Å². The van der Waals surface area contributed by atoms with Crippen LogP contribution in [0.4, 0.5) is 5.69 Å². The van der Waals surface area contributed by atoms with Crippen molar-refractivity contribution in [1.29, 1.82) is 0 Å². The molecule has 0 saturated carbocycles. The minimum absolute atomic E-state index is 0.00172. The van der Waals surface area contributed by atoms with Crippen LogP contribution >= 0.6 is 0 Å². The molecule has 0 bridgehead atoms. The number of rotatable bonds is 13. The van der Waals surface area contributed by atoms with Crippen molar-refractivity contribution >= 4 is 31.7 Å². The second kappa shape index (κ2) is 12.8. The van der Waals surface area contributed by atoms with Gasteiger partial charge < -0.3 is 14.2 Å². The van der Waals surface area contributed by atoms with Crippen molar-refractivity contribution in [2.75, 3.05) is 32.2 Å². The van der Waals surface area contributed by atoms with Gasteiger partial charge in [-0.15, -0.1) is 0 Å². The summed E-state index contributed by atoms with van der Waals surface area (Å²) in [5, 5.41) is 0. The van der Waals surface area contributed by atoms with Crippen molar-refractivity contribution in [3.63, 3.8) is 0 Å². The molecular weight excluding hydrogens is 532 g/mol. The van der Waals surface area contributed by atoms with Crippen LogP contribution < -0.4 is 18.5 Å². The van der Waals surface area contributed by atoms with Crippen molar-refractivity contribution < 1.29 is 35.8 Å². The monoisotopic (exact) mass is 562 g/mol. The van der Waals surface area contributed by atoms with Gasteiger partial charge in [0, 0.05) is 6.07 Å². The molecule has 0 aliphatic rings. The maximum absolute atomic E-state index is 13.6. The van der Waals surface area contributed by atoms with Crippen LogP contribution in [0.3, 0.4) is 0 Å². The van der Waals surface area contributed by atoms with Crippen LogP contribution in [0.1, 0.15) is 16.7 Å². The molecule has 3 rings (SSSR count). The van der Waals surface area contributed by atoms with Gasteiger partial charge >= 0.3 is 5.97 Å². The van der Waals surface area contributed by atoms with E-state index in [2.05, 4.69) is 9.46 Å². The Balaban J connectivity index is 1.88. The normalized spacial score (nSPS) is 11.6. The van der Waals surface area contributed by atoms with Crippen LogP contribution in [0.15, 0.2) is 72.8 Å². The van der Waals surface area contributed by atoms with E-state index in [9.17, 15) is 21.6 Å². The first-order valence-electron chi connectivity index (χ1n) is 11.4. The van der Waals surface area contributed by atoms with E-state index in [1.165, 1.54) is 25.6 Å². The van der Waals surface area contributed by atoms with Gasteiger partial charge in [-0.3, -0.25) is 9.10 Å². The number of anilines is 1. The molecule has 3 aromatic rings. The van der Waals surface area contributed by atoms with E-state index in [1.807, 2.05) is 6.07 Å². The van der Waals surface area contributed by atoms with Gasteiger partial charge in [0.15, 0.2) is 11.5 Å². The fraction of sp³-hybridized carbons (Fsp3) is 0.269. The molecule has 204 valence electrons. The summed E-state index contributed by atoms with van der Waals surface area (Å²) in [6, 6.07) is 20.2. The summed E-state index contributed by atoms with van der Waals surface area (Å²) < 4.78 is 70.3. The smallest absolute Gasteiger partial charge is 0.320 e. The number of hydrogen-bond donors (Lipinski definition) is 1. The predicted octanol–water partition coefficient (Wildman–Crippen LogP) is 2.83. The Kier molecular flexibility index (Phi) is 9.72. The summed E-state index contributed by atoms with van der Waals surface area (Å²) in [6.07, 6.45) is 0. The first kappa shape index (κ1) is 29.0. The molecule has 0 spiro atoms. The summed E-state index contributed by atoms with van der Waals surface area (Å²) in [4.78, 5) is 11.2. The van der Waals surface area contributed by atoms with Crippen LogP contribution in [0.5, 0.6) is 11.5 Å². The summed E-state index contributed by atoms with van der Waals surface area (Å²) >= 11 is 0. The number of methoxy groups -OCH3 is 3. The van der Waals surface area contributed by atoms with Crippen molar-refractivity contribution in [2.24, 2.45) is 0 Å². The lowest BCUT2D eigenvalue weighted by Crippen LogP contribution is -2.32. The molecule has 0 fully saturated rings. The van der Waals surface area contributed by atoms with Gasteiger partial charge in [-0.25, -0.2) is 21.6 Å². The highest BCUT2D eigenvalue weighted by molar-refractivity contribution is 7.92. The fourth-order valence-electron chi connectivity index (χ4n) is 3.61. The largest absolute Gasteiger partial charge is 0.493 e. The Morgan fingerprint density at radius 2 is 1.37 bits per heavy atom. The molecule has 0 unspecified atom stereocenters.